The summed E-state index contributed by atoms with van der Waals surface area (Å²) in [4.78, 5) is 0. The van der Waals surface area contributed by atoms with Gasteiger partial charge < -0.3 is 5.11 Å². The maximum atomic E-state index is 10.5. The summed E-state index contributed by atoms with van der Waals surface area (Å²) in [7, 11) is 0. The molecule has 0 heterocycles. The molecule has 0 aliphatic heterocycles. The molecule has 0 spiro atoms. The quantitative estimate of drug-likeness (QED) is 0.278. The molecule has 5 nitrogen and oxygen atoms in total. The number of hydrogen-bond acceptors (Lipinski definition) is 5. The van der Waals surface area contributed by atoms with Gasteiger partial charge in [-0.3, -0.25) is 0 Å². The fraction of sp³-hybridized carbons (Fsp3) is 0.0833. The van der Waals surface area contributed by atoms with Crippen molar-refractivity contribution in [2.24, 2.45) is 20.5 Å². The molecule has 0 atom stereocenters. The lowest BCUT2D eigenvalue weighted by atomic mass is 10.0. The van der Waals surface area contributed by atoms with Crippen molar-refractivity contribution >= 4 is 17.1 Å². The molecule has 0 radical (unpaired) electrons. The van der Waals surface area contributed by atoms with E-state index in [4.69, 9.17) is 0 Å². The van der Waals surface area contributed by atoms with Crippen molar-refractivity contribution in [1.82, 2.24) is 0 Å². The summed E-state index contributed by atoms with van der Waals surface area (Å²) >= 11 is 0. The van der Waals surface area contributed by atoms with Crippen molar-refractivity contribution < 1.29 is 5.11 Å². The van der Waals surface area contributed by atoms with E-state index in [1.165, 1.54) is 0 Å². The van der Waals surface area contributed by atoms with Crippen LogP contribution in [0.1, 0.15) is 13.8 Å². The Morgan fingerprint density at radius 2 is 1.41 bits per heavy atom. The molecule has 0 fully saturated rings. The summed E-state index contributed by atoms with van der Waals surface area (Å²) in [5.74, 6) is -0.0253. The van der Waals surface area contributed by atoms with Gasteiger partial charge in [0.25, 0.3) is 0 Å². The molecular formula is C24H24N4O. The Balaban J connectivity index is 2.16. The molecule has 0 amide bonds. The average molecular weight is 384 g/mol. The second kappa shape index (κ2) is 11.1. The van der Waals surface area contributed by atoms with E-state index in [0.717, 1.165) is 5.69 Å². The molecule has 0 saturated heterocycles. The number of aliphatic hydroxyl groups is 1. The molecular weight excluding hydrogens is 360 g/mol. The van der Waals surface area contributed by atoms with Crippen molar-refractivity contribution in [2.45, 2.75) is 13.8 Å². The third-order valence-corrected chi connectivity index (χ3v) is 3.85. The number of aliphatic hydroxyl groups excluding tert-OH is 1. The fourth-order valence-electron chi connectivity index (χ4n) is 2.36. The van der Waals surface area contributed by atoms with Gasteiger partial charge in [-0.1, -0.05) is 55.7 Å². The maximum absolute atomic E-state index is 10.5. The molecule has 0 bridgehead atoms. The molecule has 2 aromatic carbocycles. The van der Waals surface area contributed by atoms with Gasteiger partial charge in [-0.05, 0) is 55.8 Å². The van der Waals surface area contributed by atoms with E-state index in [9.17, 15) is 5.11 Å². The van der Waals surface area contributed by atoms with Crippen LogP contribution < -0.4 is 0 Å². The lowest BCUT2D eigenvalue weighted by molar-refractivity contribution is 0.417. The van der Waals surface area contributed by atoms with Gasteiger partial charge in [-0.2, -0.15) is 15.3 Å². The zero-order valence-corrected chi connectivity index (χ0v) is 16.7. The standard InChI is InChI=1S/C24H24N4O/c1-5-11-18(4)22(6-2)24(29)23(7-3)28-27-21-16-14-20(15-17-21)26-25-19-12-9-8-10-13-19/h5-17,29H,2,4H2,1,3H3/b11-5-,23-7+,24-22+,26-25?,28-27?. The van der Waals surface area contributed by atoms with E-state index in [1.54, 1.807) is 49.4 Å². The fourth-order valence-corrected chi connectivity index (χ4v) is 2.36. The van der Waals surface area contributed by atoms with E-state index >= 15 is 0 Å². The largest absolute Gasteiger partial charge is 0.505 e. The van der Waals surface area contributed by atoms with Gasteiger partial charge in [0, 0.05) is 5.57 Å². The van der Waals surface area contributed by atoms with Gasteiger partial charge in [0.1, 0.15) is 5.70 Å². The van der Waals surface area contributed by atoms with Gasteiger partial charge in [-0.15, -0.1) is 5.11 Å². The van der Waals surface area contributed by atoms with Crippen molar-refractivity contribution in [3.63, 3.8) is 0 Å². The highest BCUT2D eigenvalue weighted by Gasteiger charge is 2.09. The van der Waals surface area contributed by atoms with Crippen LogP contribution in [-0.2, 0) is 0 Å². The summed E-state index contributed by atoms with van der Waals surface area (Å²) < 4.78 is 0. The van der Waals surface area contributed by atoms with E-state index in [-0.39, 0.29) is 5.76 Å². The molecule has 0 saturated carbocycles. The van der Waals surface area contributed by atoms with Crippen molar-refractivity contribution in [3.05, 3.63) is 115 Å². The van der Waals surface area contributed by atoms with Crippen molar-refractivity contribution in [2.75, 3.05) is 0 Å². The van der Waals surface area contributed by atoms with Gasteiger partial charge >= 0.3 is 0 Å². The van der Waals surface area contributed by atoms with Crippen molar-refractivity contribution in [1.29, 1.82) is 0 Å². The highest BCUT2D eigenvalue weighted by molar-refractivity contribution is 5.50. The Morgan fingerprint density at radius 3 is 1.93 bits per heavy atom. The molecule has 2 rings (SSSR count). The highest BCUT2D eigenvalue weighted by Crippen LogP contribution is 2.25. The number of azo groups is 2. The zero-order valence-electron chi connectivity index (χ0n) is 16.7. The Hall–Kier alpha value is -3.86. The highest BCUT2D eigenvalue weighted by atomic mass is 16.3. The molecule has 0 unspecified atom stereocenters. The third kappa shape index (κ3) is 6.36. The summed E-state index contributed by atoms with van der Waals surface area (Å²) in [6.07, 6.45) is 6.85. The Kier molecular flexibility index (Phi) is 8.20. The molecule has 1 N–H and O–H groups in total. The molecule has 5 heteroatoms. The Morgan fingerprint density at radius 1 is 0.862 bits per heavy atom. The number of allylic oxidation sites excluding steroid dienone is 6. The molecule has 0 aliphatic carbocycles. The van der Waals surface area contributed by atoms with Crippen LogP contribution in [0.2, 0.25) is 0 Å². The summed E-state index contributed by atoms with van der Waals surface area (Å²) in [5, 5.41) is 27.2. The number of benzene rings is 2. The third-order valence-electron chi connectivity index (χ3n) is 3.85. The van der Waals surface area contributed by atoms with E-state index in [0.29, 0.717) is 28.2 Å². The lowest BCUT2D eigenvalue weighted by Crippen LogP contribution is -1.93. The van der Waals surface area contributed by atoms with Crippen LogP contribution in [0, 0.1) is 0 Å². The van der Waals surface area contributed by atoms with Crippen LogP contribution in [0.5, 0.6) is 0 Å². The van der Waals surface area contributed by atoms with E-state index in [2.05, 4.69) is 33.6 Å². The summed E-state index contributed by atoms with van der Waals surface area (Å²) in [6, 6.07) is 16.7. The minimum atomic E-state index is -0.0253. The molecule has 2 aromatic rings. The first kappa shape index (κ1) is 21.4. The van der Waals surface area contributed by atoms with Gasteiger partial charge in [0.2, 0.25) is 0 Å². The second-order valence-electron chi connectivity index (χ2n) is 5.92. The van der Waals surface area contributed by atoms with Crippen LogP contribution in [0.15, 0.2) is 135 Å². The van der Waals surface area contributed by atoms with Crippen LogP contribution in [0.3, 0.4) is 0 Å². The second-order valence-corrected chi connectivity index (χ2v) is 5.92. The average Bonchev–Trinajstić information content (AvgIpc) is 2.75. The smallest absolute Gasteiger partial charge is 0.150 e. The Bertz CT molecular complexity index is 995. The van der Waals surface area contributed by atoms with Gasteiger partial charge in [-0.25, -0.2) is 0 Å². The monoisotopic (exact) mass is 384 g/mol. The minimum absolute atomic E-state index is 0.0253. The first-order valence-corrected chi connectivity index (χ1v) is 9.12. The predicted octanol–water partition coefficient (Wildman–Crippen LogP) is 8.22. The maximum Gasteiger partial charge on any atom is 0.150 e. The van der Waals surface area contributed by atoms with Gasteiger partial charge in [0.05, 0.1) is 17.1 Å². The SMILES string of the molecule is C=C/C(C(=C)/C=C\C)=C(O)/C(=C\C)N=Nc1ccc(N=Nc2ccccc2)cc1. The van der Waals surface area contributed by atoms with Crippen LogP contribution in [0.4, 0.5) is 17.1 Å². The van der Waals surface area contributed by atoms with Crippen molar-refractivity contribution in [3.8, 4) is 0 Å². The topological polar surface area (TPSA) is 69.7 Å². The first-order chi connectivity index (χ1) is 14.1. The molecule has 0 aliphatic rings. The molecule has 0 aromatic heterocycles. The molecule has 29 heavy (non-hydrogen) atoms. The van der Waals surface area contributed by atoms with Gasteiger partial charge in [0.15, 0.2) is 5.76 Å². The van der Waals surface area contributed by atoms with Crippen LogP contribution in [-0.4, -0.2) is 5.11 Å². The normalized spacial score (nSPS) is 13.2. The predicted molar refractivity (Wildman–Crippen MR) is 119 cm³/mol. The van der Waals surface area contributed by atoms with Crippen LogP contribution in [0.25, 0.3) is 0 Å². The van der Waals surface area contributed by atoms with Crippen LogP contribution >= 0.6 is 0 Å². The Labute approximate surface area is 171 Å². The van der Waals surface area contributed by atoms with E-state index < -0.39 is 0 Å². The number of rotatable bonds is 8. The number of nitrogens with zero attached hydrogens (tertiary/aromatic N) is 4. The first-order valence-electron chi connectivity index (χ1n) is 9.12. The van der Waals surface area contributed by atoms with E-state index in [1.807, 2.05) is 43.3 Å². The minimum Gasteiger partial charge on any atom is -0.505 e. The molecule has 146 valence electrons. The number of hydrogen-bond donors (Lipinski definition) is 1. The zero-order chi connectivity index (χ0) is 21.1. The lowest BCUT2D eigenvalue weighted by Gasteiger charge is -2.07. The summed E-state index contributed by atoms with van der Waals surface area (Å²) in [5.41, 5.74) is 3.60. The summed E-state index contributed by atoms with van der Waals surface area (Å²) in [6.45, 7) is 11.3.